The summed E-state index contributed by atoms with van der Waals surface area (Å²) in [4.78, 5) is 30.4. The minimum absolute atomic E-state index is 0.0864. The second kappa shape index (κ2) is 11.1. The summed E-state index contributed by atoms with van der Waals surface area (Å²) in [6.07, 6.45) is 0.838. The Balaban J connectivity index is 1.82. The Labute approximate surface area is 197 Å². The number of nitrogens with one attached hydrogen (secondary N) is 1. The molecule has 176 valence electrons. The third-order valence-electron chi connectivity index (χ3n) is 5.04. The van der Waals surface area contributed by atoms with Crippen LogP contribution in [0, 0.1) is 5.92 Å². The van der Waals surface area contributed by atoms with Gasteiger partial charge >= 0.3 is 0 Å². The molecule has 0 aliphatic heterocycles. The summed E-state index contributed by atoms with van der Waals surface area (Å²) >= 11 is 1.24. The molecule has 1 aromatic heterocycles. The number of hydrogen-bond acceptors (Lipinski definition) is 7. The van der Waals surface area contributed by atoms with Crippen LogP contribution in [-0.4, -0.2) is 42.5 Å². The van der Waals surface area contributed by atoms with Crippen LogP contribution in [-0.2, 0) is 11.3 Å². The summed E-state index contributed by atoms with van der Waals surface area (Å²) in [6.45, 7) is 4.76. The van der Waals surface area contributed by atoms with E-state index in [1.54, 1.807) is 22.8 Å². The van der Waals surface area contributed by atoms with Crippen LogP contribution in [0.25, 0.3) is 10.9 Å². The Bertz CT molecular complexity index is 1170. The minimum atomic E-state index is -0.243. The molecule has 1 amide bonds. The van der Waals surface area contributed by atoms with Gasteiger partial charge in [0.15, 0.2) is 16.7 Å². The summed E-state index contributed by atoms with van der Waals surface area (Å²) in [5.41, 5.74) is 1.04. The van der Waals surface area contributed by atoms with Crippen molar-refractivity contribution >= 4 is 34.3 Å². The molecule has 0 unspecified atom stereocenters. The highest BCUT2D eigenvalue weighted by Crippen LogP contribution is 2.40. The molecule has 1 heterocycles. The van der Waals surface area contributed by atoms with Crippen molar-refractivity contribution in [3.8, 4) is 17.2 Å². The number of para-hydroxylation sites is 1. The molecule has 0 fully saturated rings. The van der Waals surface area contributed by atoms with Crippen molar-refractivity contribution in [2.75, 3.05) is 32.4 Å². The fourth-order valence-electron chi connectivity index (χ4n) is 3.32. The number of amides is 1. The van der Waals surface area contributed by atoms with Gasteiger partial charge in [0.25, 0.3) is 5.56 Å². The standard InChI is InChI=1S/C24H29N3O5S/c1-15(2)10-11-27-23(29)17-8-6-7-9-18(17)26-24(27)33-14-21(28)25-16-12-19(30-3)22(32-5)20(13-16)31-4/h6-9,12-13,15H,10-11,14H2,1-5H3,(H,25,28). The van der Waals surface area contributed by atoms with Gasteiger partial charge in [-0.15, -0.1) is 0 Å². The average molecular weight is 472 g/mol. The molecule has 0 bridgehead atoms. The number of nitrogens with zero attached hydrogens (tertiary/aromatic N) is 2. The monoisotopic (exact) mass is 471 g/mol. The molecule has 8 nitrogen and oxygen atoms in total. The van der Waals surface area contributed by atoms with E-state index in [1.807, 2.05) is 18.2 Å². The lowest BCUT2D eigenvalue weighted by molar-refractivity contribution is -0.113. The topological polar surface area (TPSA) is 91.7 Å². The molecule has 0 saturated heterocycles. The number of fused-ring (bicyclic) bond motifs is 1. The van der Waals surface area contributed by atoms with E-state index in [2.05, 4.69) is 24.1 Å². The van der Waals surface area contributed by atoms with Gasteiger partial charge in [-0.2, -0.15) is 0 Å². The Morgan fingerprint density at radius 3 is 2.36 bits per heavy atom. The van der Waals surface area contributed by atoms with Crippen molar-refractivity contribution < 1.29 is 19.0 Å². The third kappa shape index (κ3) is 5.78. The van der Waals surface area contributed by atoms with Crippen LogP contribution in [0.2, 0.25) is 0 Å². The molecule has 0 aliphatic carbocycles. The molecular weight excluding hydrogens is 442 g/mol. The fourth-order valence-corrected chi connectivity index (χ4v) is 4.15. The van der Waals surface area contributed by atoms with Gasteiger partial charge in [0.05, 0.1) is 38.0 Å². The molecule has 0 atom stereocenters. The first-order valence-electron chi connectivity index (χ1n) is 10.6. The Hall–Kier alpha value is -3.20. The van der Waals surface area contributed by atoms with Gasteiger partial charge in [0.1, 0.15) is 0 Å². The van der Waals surface area contributed by atoms with Crippen molar-refractivity contribution in [1.82, 2.24) is 9.55 Å². The van der Waals surface area contributed by atoms with Gasteiger partial charge in [-0.25, -0.2) is 4.98 Å². The molecule has 0 spiro atoms. The van der Waals surface area contributed by atoms with Crippen LogP contribution in [0.4, 0.5) is 5.69 Å². The summed E-state index contributed by atoms with van der Waals surface area (Å²) in [5.74, 6) is 1.61. The molecule has 0 saturated carbocycles. The number of ether oxygens (including phenoxy) is 3. The van der Waals surface area contributed by atoms with E-state index < -0.39 is 0 Å². The second-order valence-electron chi connectivity index (χ2n) is 7.80. The maximum atomic E-state index is 13.1. The maximum absolute atomic E-state index is 13.1. The highest BCUT2D eigenvalue weighted by Gasteiger charge is 2.16. The number of benzene rings is 2. The summed E-state index contributed by atoms with van der Waals surface area (Å²) in [6, 6.07) is 10.6. The number of methoxy groups -OCH3 is 3. The lowest BCUT2D eigenvalue weighted by Gasteiger charge is -2.15. The van der Waals surface area contributed by atoms with Crippen molar-refractivity contribution in [3.63, 3.8) is 0 Å². The van der Waals surface area contributed by atoms with Gasteiger partial charge < -0.3 is 19.5 Å². The zero-order valence-electron chi connectivity index (χ0n) is 19.5. The van der Waals surface area contributed by atoms with Crippen molar-refractivity contribution in [2.45, 2.75) is 32.0 Å². The van der Waals surface area contributed by atoms with Gasteiger partial charge in [0, 0.05) is 24.4 Å². The van der Waals surface area contributed by atoms with Crippen LogP contribution < -0.4 is 25.1 Å². The maximum Gasteiger partial charge on any atom is 0.262 e. The SMILES string of the molecule is COc1cc(NC(=O)CSc2nc3ccccc3c(=O)n2CCC(C)C)cc(OC)c1OC. The van der Waals surface area contributed by atoms with Crippen LogP contribution in [0.3, 0.4) is 0 Å². The van der Waals surface area contributed by atoms with E-state index in [0.29, 0.717) is 51.5 Å². The number of thioether (sulfide) groups is 1. The molecule has 2 aromatic carbocycles. The van der Waals surface area contributed by atoms with E-state index in [0.717, 1.165) is 6.42 Å². The number of anilines is 1. The zero-order valence-corrected chi connectivity index (χ0v) is 20.3. The van der Waals surface area contributed by atoms with E-state index in [-0.39, 0.29) is 17.2 Å². The van der Waals surface area contributed by atoms with Crippen LogP contribution in [0.15, 0.2) is 46.3 Å². The summed E-state index contributed by atoms with van der Waals surface area (Å²) in [7, 11) is 4.55. The summed E-state index contributed by atoms with van der Waals surface area (Å²) < 4.78 is 17.7. The number of rotatable bonds is 10. The molecular formula is C24H29N3O5S. The molecule has 9 heteroatoms. The first-order valence-corrected chi connectivity index (χ1v) is 11.6. The smallest absolute Gasteiger partial charge is 0.262 e. The van der Waals surface area contributed by atoms with Crippen molar-refractivity contribution in [1.29, 1.82) is 0 Å². The quantitative estimate of drug-likeness (QED) is 0.350. The number of aromatic nitrogens is 2. The van der Waals surface area contributed by atoms with E-state index in [4.69, 9.17) is 14.2 Å². The number of carbonyl (C=O) groups is 1. The third-order valence-corrected chi connectivity index (χ3v) is 6.01. The zero-order chi connectivity index (χ0) is 24.0. The van der Waals surface area contributed by atoms with E-state index in [1.165, 1.54) is 33.1 Å². The first kappa shape index (κ1) is 24.4. The molecule has 33 heavy (non-hydrogen) atoms. The Kier molecular flexibility index (Phi) is 8.21. The van der Waals surface area contributed by atoms with Gasteiger partial charge in [-0.3, -0.25) is 14.2 Å². The largest absolute Gasteiger partial charge is 0.493 e. The molecule has 3 rings (SSSR count). The van der Waals surface area contributed by atoms with Crippen LogP contribution in [0.5, 0.6) is 17.2 Å². The normalized spacial score (nSPS) is 11.0. The second-order valence-corrected chi connectivity index (χ2v) is 8.74. The van der Waals surface area contributed by atoms with E-state index >= 15 is 0 Å². The lowest BCUT2D eigenvalue weighted by atomic mass is 10.1. The average Bonchev–Trinajstić information content (AvgIpc) is 2.81. The molecule has 1 N–H and O–H groups in total. The van der Waals surface area contributed by atoms with Crippen molar-refractivity contribution in [2.24, 2.45) is 5.92 Å². The van der Waals surface area contributed by atoms with E-state index in [9.17, 15) is 9.59 Å². The minimum Gasteiger partial charge on any atom is -0.493 e. The predicted molar refractivity (Wildman–Crippen MR) is 131 cm³/mol. The van der Waals surface area contributed by atoms with Crippen molar-refractivity contribution in [3.05, 3.63) is 46.8 Å². The molecule has 0 aliphatic rings. The predicted octanol–water partition coefficient (Wildman–Crippen LogP) is 4.20. The summed E-state index contributed by atoms with van der Waals surface area (Å²) in [5, 5.41) is 3.95. The highest BCUT2D eigenvalue weighted by atomic mass is 32.2. The number of hydrogen-bond donors (Lipinski definition) is 1. The van der Waals surface area contributed by atoms with Gasteiger partial charge in [0.2, 0.25) is 11.7 Å². The first-order chi connectivity index (χ1) is 15.9. The Morgan fingerprint density at radius 1 is 1.09 bits per heavy atom. The van der Waals surface area contributed by atoms with Gasteiger partial charge in [-0.05, 0) is 24.5 Å². The molecule has 0 radical (unpaired) electrons. The van der Waals surface area contributed by atoms with Crippen LogP contribution >= 0.6 is 11.8 Å². The fraction of sp³-hybridized carbons (Fsp3) is 0.375. The number of carbonyl (C=O) groups excluding carboxylic acids is 1. The Morgan fingerprint density at radius 2 is 1.76 bits per heavy atom. The van der Waals surface area contributed by atoms with Crippen LogP contribution in [0.1, 0.15) is 20.3 Å². The lowest BCUT2D eigenvalue weighted by Crippen LogP contribution is -2.25. The highest BCUT2D eigenvalue weighted by molar-refractivity contribution is 7.99. The van der Waals surface area contributed by atoms with Gasteiger partial charge in [-0.1, -0.05) is 37.7 Å². The molecule has 3 aromatic rings.